The fourth-order valence-electron chi connectivity index (χ4n) is 1.48. The maximum absolute atomic E-state index is 11.1. The second kappa shape index (κ2) is 5.50. The Bertz CT molecular complexity index is 566. The Kier molecular flexibility index (Phi) is 3.78. The maximum atomic E-state index is 11.1. The molecule has 5 nitrogen and oxygen atoms in total. The summed E-state index contributed by atoms with van der Waals surface area (Å²) < 4.78 is 1.64. The summed E-state index contributed by atoms with van der Waals surface area (Å²) in [5.74, 6) is -1.06. The summed E-state index contributed by atoms with van der Waals surface area (Å²) in [7, 11) is 0. The number of nitrogens with zero attached hydrogens (tertiary/aromatic N) is 2. The second-order valence-corrected chi connectivity index (χ2v) is 4.40. The molecule has 0 radical (unpaired) electrons. The van der Waals surface area contributed by atoms with Gasteiger partial charge in [0.1, 0.15) is 17.0 Å². The molecule has 0 aliphatic carbocycles. The zero-order valence-corrected chi connectivity index (χ0v) is 10.1. The molecule has 0 bridgehead atoms. The van der Waals surface area contributed by atoms with E-state index in [2.05, 4.69) is 4.98 Å². The van der Waals surface area contributed by atoms with E-state index in [1.807, 2.05) is 30.3 Å². The first-order valence-corrected chi connectivity index (χ1v) is 6.13. The predicted molar refractivity (Wildman–Crippen MR) is 67.3 cm³/mol. The van der Waals surface area contributed by atoms with Crippen molar-refractivity contribution in [1.29, 1.82) is 0 Å². The number of carbonyl (C=O) groups is 2. The molecule has 0 aliphatic rings. The highest BCUT2D eigenvalue weighted by Gasteiger charge is 2.13. The van der Waals surface area contributed by atoms with E-state index in [4.69, 9.17) is 5.11 Å². The summed E-state index contributed by atoms with van der Waals surface area (Å²) in [6.07, 6.45) is 2.20. The third-order valence-corrected chi connectivity index (χ3v) is 3.23. The predicted octanol–water partition coefficient (Wildman–Crippen LogP) is 1.86. The maximum Gasteiger partial charge on any atom is 0.313 e. The highest BCUT2D eigenvalue weighted by Crippen LogP contribution is 2.22. The van der Waals surface area contributed by atoms with Crippen molar-refractivity contribution in [2.75, 3.05) is 5.75 Å². The van der Waals surface area contributed by atoms with Gasteiger partial charge in [-0.2, -0.15) is 0 Å². The van der Waals surface area contributed by atoms with Gasteiger partial charge in [0.15, 0.2) is 6.29 Å². The Balaban J connectivity index is 2.33. The number of aliphatic carboxylic acids is 1. The zero-order chi connectivity index (χ0) is 13.0. The number of carboxylic acid groups (broad SMARTS) is 1. The van der Waals surface area contributed by atoms with Crippen LogP contribution >= 0.6 is 11.8 Å². The lowest BCUT2D eigenvalue weighted by Gasteiger charge is -2.03. The second-order valence-electron chi connectivity index (χ2n) is 3.44. The SMILES string of the molecule is O=Cc1c(SCC(=O)O)ncn1-c1ccccc1. The summed E-state index contributed by atoms with van der Waals surface area (Å²) in [6.45, 7) is 0. The summed E-state index contributed by atoms with van der Waals surface area (Å²) in [6, 6.07) is 9.28. The van der Waals surface area contributed by atoms with Crippen molar-refractivity contribution in [3.8, 4) is 5.69 Å². The number of hydrogen-bond acceptors (Lipinski definition) is 4. The number of para-hydroxylation sites is 1. The van der Waals surface area contributed by atoms with Crippen LogP contribution in [0.1, 0.15) is 10.5 Å². The normalized spacial score (nSPS) is 10.2. The molecular weight excluding hydrogens is 252 g/mol. The Morgan fingerprint density at radius 3 is 2.72 bits per heavy atom. The Hall–Kier alpha value is -2.08. The van der Waals surface area contributed by atoms with Gasteiger partial charge in [-0.15, -0.1) is 0 Å². The monoisotopic (exact) mass is 262 g/mol. The van der Waals surface area contributed by atoms with Crippen LogP contribution in [0.4, 0.5) is 0 Å². The van der Waals surface area contributed by atoms with Crippen molar-refractivity contribution in [3.63, 3.8) is 0 Å². The van der Waals surface area contributed by atoms with Gasteiger partial charge >= 0.3 is 5.97 Å². The number of hydrogen-bond donors (Lipinski definition) is 1. The molecule has 0 unspecified atom stereocenters. The first-order chi connectivity index (χ1) is 8.72. The first-order valence-electron chi connectivity index (χ1n) is 5.15. The van der Waals surface area contributed by atoms with Crippen LogP contribution in [0.15, 0.2) is 41.7 Å². The number of rotatable bonds is 5. The molecule has 0 saturated carbocycles. The molecule has 0 spiro atoms. The molecule has 1 N–H and O–H groups in total. The van der Waals surface area contributed by atoms with Crippen molar-refractivity contribution in [3.05, 3.63) is 42.4 Å². The van der Waals surface area contributed by atoms with E-state index in [1.165, 1.54) is 6.33 Å². The molecule has 92 valence electrons. The van der Waals surface area contributed by atoms with Crippen LogP contribution in [-0.4, -0.2) is 32.7 Å². The largest absolute Gasteiger partial charge is 0.481 e. The number of benzene rings is 1. The molecule has 0 amide bonds. The van der Waals surface area contributed by atoms with E-state index in [-0.39, 0.29) is 5.75 Å². The third kappa shape index (κ3) is 2.60. The molecule has 0 aliphatic heterocycles. The number of imidazole rings is 1. The summed E-state index contributed by atoms with van der Waals surface area (Å²) >= 11 is 1.03. The summed E-state index contributed by atoms with van der Waals surface area (Å²) in [4.78, 5) is 25.7. The molecule has 1 aromatic heterocycles. The quantitative estimate of drug-likeness (QED) is 0.657. The van der Waals surface area contributed by atoms with Gasteiger partial charge in [-0.25, -0.2) is 4.98 Å². The van der Waals surface area contributed by atoms with Crippen molar-refractivity contribution >= 4 is 24.0 Å². The lowest BCUT2D eigenvalue weighted by Crippen LogP contribution is -2.01. The minimum atomic E-state index is -0.939. The van der Waals surface area contributed by atoms with E-state index in [1.54, 1.807) is 4.57 Å². The minimum absolute atomic E-state index is 0.118. The average molecular weight is 262 g/mol. The van der Waals surface area contributed by atoms with E-state index < -0.39 is 5.97 Å². The van der Waals surface area contributed by atoms with Crippen LogP contribution in [0.25, 0.3) is 5.69 Å². The highest BCUT2D eigenvalue weighted by atomic mass is 32.2. The average Bonchev–Trinajstić information content (AvgIpc) is 2.80. The molecule has 2 rings (SSSR count). The number of carbonyl (C=O) groups excluding carboxylic acids is 1. The molecular formula is C12H10N2O3S. The van der Waals surface area contributed by atoms with E-state index in [0.29, 0.717) is 17.0 Å². The number of aromatic nitrogens is 2. The molecule has 6 heteroatoms. The summed E-state index contributed by atoms with van der Waals surface area (Å²) in [5.41, 5.74) is 1.18. The van der Waals surface area contributed by atoms with Crippen molar-refractivity contribution in [2.45, 2.75) is 5.03 Å². The highest BCUT2D eigenvalue weighted by molar-refractivity contribution is 7.99. The van der Waals surface area contributed by atoms with Crippen LogP contribution in [0, 0.1) is 0 Å². The molecule has 0 atom stereocenters. The lowest BCUT2D eigenvalue weighted by molar-refractivity contribution is -0.133. The van der Waals surface area contributed by atoms with Gasteiger partial charge < -0.3 is 5.11 Å². The van der Waals surface area contributed by atoms with Crippen LogP contribution < -0.4 is 0 Å². The topological polar surface area (TPSA) is 72.2 Å². The van der Waals surface area contributed by atoms with Crippen LogP contribution in [0.3, 0.4) is 0 Å². The standard InChI is InChI=1S/C12H10N2O3S/c15-6-10-12(18-7-11(16)17)13-8-14(10)9-4-2-1-3-5-9/h1-6,8H,7H2,(H,16,17). The van der Waals surface area contributed by atoms with E-state index in [0.717, 1.165) is 17.4 Å². The summed E-state index contributed by atoms with van der Waals surface area (Å²) in [5, 5.41) is 9.05. The molecule has 1 heterocycles. The van der Waals surface area contributed by atoms with Crippen molar-refractivity contribution < 1.29 is 14.7 Å². The fraction of sp³-hybridized carbons (Fsp3) is 0.0833. The van der Waals surface area contributed by atoms with Crippen molar-refractivity contribution in [1.82, 2.24) is 9.55 Å². The molecule has 2 aromatic rings. The first kappa shape index (κ1) is 12.4. The lowest BCUT2D eigenvalue weighted by atomic mass is 10.3. The number of carboxylic acids is 1. The molecule has 18 heavy (non-hydrogen) atoms. The smallest absolute Gasteiger partial charge is 0.313 e. The van der Waals surface area contributed by atoms with Gasteiger partial charge in [0, 0.05) is 5.69 Å². The van der Waals surface area contributed by atoms with Gasteiger partial charge in [-0.1, -0.05) is 30.0 Å². The van der Waals surface area contributed by atoms with Gasteiger partial charge in [0.05, 0.1) is 5.75 Å². The zero-order valence-electron chi connectivity index (χ0n) is 9.31. The third-order valence-electron chi connectivity index (χ3n) is 2.25. The van der Waals surface area contributed by atoms with Gasteiger partial charge in [0.2, 0.25) is 0 Å². The molecule has 0 saturated heterocycles. The molecule has 1 aromatic carbocycles. The minimum Gasteiger partial charge on any atom is -0.481 e. The van der Waals surface area contributed by atoms with Gasteiger partial charge in [-0.3, -0.25) is 14.2 Å². The Labute approximate surface area is 107 Å². The fourth-order valence-corrected chi connectivity index (χ4v) is 2.16. The molecule has 0 fully saturated rings. The number of aldehydes is 1. The van der Waals surface area contributed by atoms with Crippen LogP contribution in [0.5, 0.6) is 0 Å². The van der Waals surface area contributed by atoms with Gasteiger partial charge in [0.25, 0.3) is 0 Å². The van der Waals surface area contributed by atoms with E-state index >= 15 is 0 Å². The van der Waals surface area contributed by atoms with E-state index in [9.17, 15) is 9.59 Å². The van der Waals surface area contributed by atoms with Crippen LogP contribution in [-0.2, 0) is 4.79 Å². The van der Waals surface area contributed by atoms with Gasteiger partial charge in [-0.05, 0) is 12.1 Å². The van der Waals surface area contributed by atoms with Crippen molar-refractivity contribution in [2.24, 2.45) is 0 Å². The van der Waals surface area contributed by atoms with Crippen LogP contribution in [0.2, 0.25) is 0 Å². The Morgan fingerprint density at radius 2 is 2.11 bits per heavy atom. The number of thioether (sulfide) groups is 1. The Morgan fingerprint density at radius 1 is 1.39 bits per heavy atom.